The summed E-state index contributed by atoms with van der Waals surface area (Å²) in [6.07, 6.45) is 1.49. The molecule has 0 radical (unpaired) electrons. The average Bonchev–Trinajstić information content (AvgIpc) is 2.87. The van der Waals surface area contributed by atoms with Crippen molar-refractivity contribution in [1.82, 2.24) is 0 Å². The van der Waals surface area contributed by atoms with Crippen LogP contribution in [0.4, 0.5) is 0 Å². The van der Waals surface area contributed by atoms with Crippen LogP contribution in [0.25, 0.3) is 11.1 Å². The number of carbonyl (C=O) groups excluding carboxylic acids is 1. The number of benzene rings is 2. The maximum atomic E-state index is 11.8. The first-order valence-corrected chi connectivity index (χ1v) is 6.61. The van der Waals surface area contributed by atoms with Crippen LogP contribution in [0.15, 0.2) is 36.4 Å². The molecule has 1 aliphatic rings. The molecule has 3 nitrogen and oxygen atoms in total. The van der Waals surface area contributed by atoms with Gasteiger partial charge in [-0.1, -0.05) is 18.2 Å². The van der Waals surface area contributed by atoms with E-state index < -0.39 is 0 Å². The summed E-state index contributed by atoms with van der Waals surface area (Å²) < 4.78 is 10.6. The molecule has 0 saturated heterocycles. The monoisotopic (exact) mass is 268 g/mol. The lowest BCUT2D eigenvalue weighted by molar-refractivity contribution is 0.0994. The smallest absolute Gasteiger partial charge is 0.163 e. The van der Waals surface area contributed by atoms with E-state index in [2.05, 4.69) is 6.07 Å². The molecule has 1 aliphatic carbocycles. The van der Waals surface area contributed by atoms with E-state index >= 15 is 0 Å². The summed E-state index contributed by atoms with van der Waals surface area (Å²) in [5, 5.41) is 0. The molecule has 2 aromatic carbocycles. The molecule has 20 heavy (non-hydrogen) atoms. The lowest BCUT2D eigenvalue weighted by Crippen LogP contribution is -1.93. The highest BCUT2D eigenvalue weighted by atomic mass is 16.5. The summed E-state index contributed by atoms with van der Waals surface area (Å²) in [5.74, 6) is 1.63. The fourth-order valence-electron chi connectivity index (χ4n) is 2.63. The average molecular weight is 268 g/mol. The maximum Gasteiger partial charge on any atom is 0.163 e. The molecule has 0 saturated carbocycles. The van der Waals surface area contributed by atoms with Crippen molar-refractivity contribution in [3.05, 3.63) is 47.5 Å². The van der Waals surface area contributed by atoms with Gasteiger partial charge in [-0.15, -0.1) is 0 Å². The van der Waals surface area contributed by atoms with Gasteiger partial charge in [0.25, 0.3) is 0 Å². The van der Waals surface area contributed by atoms with E-state index in [1.807, 2.05) is 30.3 Å². The van der Waals surface area contributed by atoms with Gasteiger partial charge in [0.15, 0.2) is 17.3 Å². The third kappa shape index (κ3) is 2.05. The standard InChI is InChI=1S/C17H16O3/c1-19-16-8-6-13(10-17(16)20-2)12-4-3-11-5-7-15(18)14(11)9-12/h3-4,6,8-10H,5,7H2,1-2H3. The third-order valence-corrected chi connectivity index (χ3v) is 3.75. The lowest BCUT2D eigenvalue weighted by atomic mass is 10.00. The second kappa shape index (κ2) is 5.00. The molecule has 3 heteroatoms. The largest absolute Gasteiger partial charge is 0.493 e. The number of fused-ring (bicyclic) bond motifs is 1. The molecular formula is C17H16O3. The number of aryl methyl sites for hydroxylation is 1. The number of hydrogen-bond donors (Lipinski definition) is 0. The minimum absolute atomic E-state index is 0.238. The van der Waals surface area contributed by atoms with Crippen LogP contribution in [0.1, 0.15) is 22.3 Å². The van der Waals surface area contributed by atoms with Crippen LogP contribution in [0.2, 0.25) is 0 Å². The molecule has 0 aromatic heterocycles. The molecule has 102 valence electrons. The predicted molar refractivity (Wildman–Crippen MR) is 77.6 cm³/mol. The Morgan fingerprint density at radius 2 is 1.55 bits per heavy atom. The van der Waals surface area contributed by atoms with Gasteiger partial charge in [0.1, 0.15) is 0 Å². The molecule has 0 bridgehead atoms. The van der Waals surface area contributed by atoms with E-state index in [1.165, 1.54) is 0 Å². The van der Waals surface area contributed by atoms with Crippen LogP contribution < -0.4 is 9.47 Å². The van der Waals surface area contributed by atoms with E-state index in [0.29, 0.717) is 17.9 Å². The molecule has 0 N–H and O–H groups in total. The Balaban J connectivity index is 2.05. The predicted octanol–water partition coefficient (Wildman–Crippen LogP) is 3.50. The fourth-order valence-corrected chi connectivity index (χ4v) is 2.63. The van der Waals surface area contributed by atoms with Crippen LogP contribution in [0.5, 0.6) is 11.5 Å². The first-order chi connectivity index (χ1) is 9.72. The third-order valence-electron chi connectivity index (χ3n) is 3.75. The van der Waals surface area contributed by atoms with Gasteiger partial charge in [-0.05, 0) is 41.3 Å². The summed E-state index contributed by atoms with van der Waals surface area (Å²) in [5.41, 5.74) is 4.06. The molecule has 0 fully saturated rings. The van der Waals surface area contributed by atoms with Gasteiger partial charge in [-0.2, -0.15) is 0 Å². The van der Waals surface area contributed by atoms with Gasteiger partial charge in [0.05, 0.1) is 14.2 Å². The van der Waals surface area contributed by atoms with Crippen molar-refractivity contribution in [3.8, 4) is 22.6 Å². The zero-order valence-corrected chi connectivity index (χ0v) is 11.6. The second-order valence-corrected chi connectivity index (χ2v) is 4.86. The van der Waals surface area contributed by atoms with Crippen molar-refractivity contribution in [3.63, 3.8) is 0 Å². The molecule has 0 atom stereocenters. The van der Waals surface area contributed by atoms with E-state index in [-0.39, 0.29) is 5.78 Å². The SMILES string of the molecule is COc1ccc(-c2ccc3c(c2)C(=O)CC3)cc1OC. The van der Waals surface area contributed by atoms with Crippen molar-refractivity contribution in [1.29, 1.82) is 0 Å². The minimum atomic E-state index is 0.238. The first kappa shape index (κ1) is 12.7. The zero-order valence-electron chi connectivity index (χ0n) is 11.6. The molecule has 0 unspecified atom stereocenters. The number of ketones is 1. The molecule has 0 aliphatic heterocycles. The first-order valence-electron chi connectivity index (χ1n) is 6.61. The molecule has 0 amide bonds. The van der Waals surface area contributed by atoms with Crippen LogP contribution >= 0.6 is 0 Å². The number of hydrogen-bond acceptors (Lipinski definition) is 3. The van der Waals surface area contributed by atoms with E-state index in [9.17, 15) is 4.79 Å². The van der Waals surface area contributed by atoms with Crippen molar-refractivity contribution in [2.75, 3.05) is 14.2 Å². The van der Waals surface area contributed by atoms with E-state index in [1.54, 1.807) is 14.2 Å². The van der Waals surface area contributed by atoms with Crippen LogP contribution in [-0.4, -0.2) is 20.0 Å². The van der Waals surface area contributed by atoms with Crippen LogP contribution in [-0.2, 0) is 6.42 Å². The molecule has 0 spiro atoms. The summed E-state index contributed by atoms with van der Waals surface area (Å²) in [7, 11) is 3.24. The van der Waals surface area contributed by atoms with Gasteiger partial charge in [-0.25, -0.2) is 0 Å². The highest BCUT2D eigenvalue weighted by Crippen LogP contribution is 2.34. The number of Topliss-reactive ketones (excluding diaryl/α,β-unsaturated/α-hetero) is 1. The van der Waals surface area contributed by atoms with Crippen molar-refractivity contribution < 1.29 is 14.3 Å². The number of rotatable bonds is 3. The Hall–Kier alpha value is -2.29. The zero-order chi connectivity index (χ0) is 14.1. The highest BCUT2D eigenvalue weighted by molar-refractivity contribution is 6.01. The normalized spacial score (nSPS) is 13.2. The Labute approximate surface area is 118 Å². The van der Waals surface area contributed by atoms with Gasteiger partial charge in [0, 0.05) is 12.0 Å². The van der Waals surface area contributed by atoms with Gasteiger partial charge >= 0.3 is 0 Å². The van der Waals surface area contributed by atoms with Crippen molar-refractivity contribution in [2.45, 2.75) is 12.8 Å². The van der Waals surface area contributed by atoms with E-state index in [0.717, 1.165) is 28.7 Å². The molecule has 3 rings (SSSR count). The topological polar surface area (TPSA) is 35.5 Å². The van der Waals surface area contributed by atoms with Crippen LogP contribution in [0.3, 0.4) is 0 Å². The highest BCUT2D eigenvalue weighted by Gasteiger charge is 2.19. The van der Waals surface area contributed by atoms with Gasteiger partial charge in [-0.3, -0.25) is 4.79 Å². The fraction of sp³-hybridized carbons (Fsp3) is 0.235. The number of methoxy groups -OCH3 is 2. The van der Waals surface area contributed by atoms with Crippen molar-refractivity contribution in [2.24, 2.45) is 0 Å². The molecular weight excluding hydrogens is 252 g/mol. The maximum absolute atomic E-state index is 11.8. The second-order valence-electron chi connectivity index (χ2n) is 4.86. The molecule has 2 aromatic rings. The summed E-state index contributed by atoms with van der Waals surface area (Å²) >= 11 is 0. The Morgan fingerprint density at radius 3 is 2.30 bits per heavy atom. The van der Waals surface area contributed by atoms with Gasteiger partial charge in [0.2, 0.25) is 0 Å². The summed E-state index contributed by atoms with van der Waals surface area (Å²) in [6.45, 7) is 0. The van der Waals surface area contributed by atoms with Crippen LogP contribution in [0, 0.1) is 0 Å². The van der Waals surface area contributed by atoms with Crippen molar-refractivity contribution >= 4 is 5.78 Å². The van der Waals surface area contributed by atoms with Gasteiger partial charge < -0.3 is 9.47 Å². The Kier molecular flexibility index (Phi) is 3.18. The minimum Gasteiger partial charge on any atom is -0.493 e. The number of carbonyl (C=O) groups is 1. The Morgan fingerprint density at radius 1 is 0.850 bits per heavy atom. The lowest BCUT2D eigenvalue weighted by Gasteiger charge is -2.10. The molecule has 0 heterocycles. The quantitative estimate of drug-likeness (QED) is 0.854. The number of ether oxygens (including phenoxy) is 2. The summed E-state index contributed by atoms with van der Waals surface area (Å²) in [4.78, 5) is 11.8. The van der Waals surface area contributed by atoms with E-state index in [4.69, 9.17) is 9.47 Å². The Bertz CT molecular complexity index is 674. The summed E-state index contributed by atoms with van der Waals surface area (Å²) in [6, 6.07) is 11.9.